The van der Waals surface area contributed by atoms with Gasteiger partial charge in [0.15, 0.2) is 23.0 Å². The van der Waals surface area contributed by atoms with Crippen LogP contribution in [0, 0.1) is 0 Å². The highest BCUT2D eigenvalue weighted by Gasteiger charge is 2.18. The summed E-state index contributed by atoms with van der Waals surface area (Å²) < 4.78 is 32.6. The van der Waals surface area contributed by atoms with Gasteiger partial charge in [0, 0.05) is 6.08 Å². The van der Waals surface area contributed by atoms with E-state index in [1.807, 2.05) is 12.1 Å². The largest absolute Gasteiger partial charge is 0.493 e. The van der Waals surface area contributed by atoms with Crippen molar-refractivity contribution >= 4 is 17.9 Å². The average molecular weight is 605 g/mol. The van der Waals surface area contributed by atoms with Crippen molar-refractivity contribution < 1.29 is 42.8 Å². The van der Waals surface area contributed by atoms with E-state index in [0.29, 0.717) is 36.7 Å². The van der Waals surface area contributed by atoms with Crippen LogP contribution in [0.15, 0.2) is 73.3 Å². The Hall–Kier alpha value is -4.79. The maximum atomic E-state index is 12.9. The van der Waals surface area contributed by atoms with Crippen LogP contribution in [-0.2, 0) is 16.0 Å². The molecule has 0 spiro atoms. The van der Waals surface area contributed by atoms with Crippen molar-refractivity contribution in [2.24, 2.45) is 0 Å². The molecule has 0 amide bonds. The number of ether oxygens (including phenoxy) is 6. The van der Waals surface area contributed by atoms with Crippen LogP contribution in [0.25, 0.3) is 0 Å². The van der Waals surface area contributed by atoms with Crippen LogP contribution in [0.4, 0.5) is 0 Å². The molecule has 0 aliphatic heterocycles. The Morgan fingerprint density at radius 2 is 1.30 bits per heavy atom. The number of esters is 3. The number of benzene rings is 3. The Morgan fingerprint density at radius 1 is 0.682 bits per heavy atom. The fourth-order valence-corrected chi connectivity index (χ4v) is 4.22. The minimum atomic E-state index is -0.651. The Bertz CT molecular complexity index is 1400. The van der Waals surface area contributed by atoms with Gasteiger partial charge in [0.1, 0.15) is 5.75 Å². The number of rotatable bonds is 18. The highest BCUT2D eigenvalue weighted by molar-refractivity contribution is 5.94. The molecule has 0 radical (unpaired) electrons. The van der Waals surface area contributed by atoms with E-state index in [1.165, 1.54) is 63.3 Å². The first-order chi connectivity index (χ1) is 21.4. The van der Waals surface area contributed by atoms with Crippen molar-refractivity contribution in [1.29, 1.82) is 0 Å². The predicted octanol–water partition coefficient (Wildman–Crippen LogP) is 7.15. The molecule has 0 bridgehead atoms. The van der Waals surface area contributed by atoms with Crippen LogP contribution in [0.2, 0.25) is 0 Å². The van der Waals surface area contributed by atoms with Crippen molar-refractivity contribution in [3.05, 3.63) is 90.0 Å². The molecule has 3 aromatic rings. The van der Waals surface area contributed by atoms with E-state index in [2.05, 4.69) is 13.5 Å². The summed E-state index contributed by atoms with van der Waals surface area (Å²) in [5, 5.41) is 0. The van der Waals surface area contributed by atoms with Crippen LogP contribution in [0.3, 0.4) is 0 Å². The van der Waals surface area contributed by atoms with Gasteiger partial charge >= 0.3 is 17.9 Å². The van der Waals surface area contributed by atoms with Crippen LogP contribution in [-0.4, -0.2) is 45.3 Å². The van der Waals surface area contributed by atoms with Gasteiger partial charge in [-0.2, -0.15) is 0 Å². The van der Waals surface area contributed by atoms with E-state index >= 15 is 0 Å². The summed E-state index contributed by atoms with van der Waals surface area (Å²) >= 11 is 0. The van der Waals surface area contributed by atoms with Gasteiger partial charge in [-0.05, 0) is 79.8 Å². The van der Waals surface area contributed by atoms with E-state index < -0.39 is 17.9 Å². The van der Waals surface area contributed by atoms with Gasteiger partial charge in [-0.1, -0.05) is 44.9 Å². The molecule has 0 saturated carbocycles. The summed E-state index contributed by atoms with van der Waals surface area (Å²) in [6.07, 6.45) is 8.15. The quantitative estimate of drug-likeness (QED) is 0.0647. The molecule has 0 N–H and O–H groups in total. The molecule has 0 unspecified atom stereocenters. The number of carbonyl (C=O) groups is 3. The number of hydrogen-bond acceptors (Lipinski definition) is 9. The molecule has 234 valence electrons. The van der Waals surface area contributed by atoms with Gasteiger partial charge in [0.2, 0.25) is 0 Å². The predicted molar refractivity (Wildman–Crippen MR) is 166 cm³/mol. The zero-order valence-electron chi connectivity index (χ0n) is 25.6. The summed E-state index contributed by atoms with van der Waals surface area (Å²) in [7, 11) is 2.88. The highest BCUT2D eigenvalue weighted by atomic mass is 16.6. The van der Waals surface area contributed by atoms with E-state index in [0.717, 1.165) is 18.9 Å². The molecular formula is C35H40O9. The molecule has 9 heteroatoms. The summed E-state index contributed by atoms with van der Waals surface area (Å²) in [5.41, 5.74) is 1.67. The number of hydrogen-bond donors (Lipinski definition) is 0. The second-order valence-electron chi connectivity index (χ2n) is 9.89. The molecule has 3 rings (SSSR count). The number of aryl methyl sites for hydroxylation is 1. The fourth-order valence-electron chi connectivity index (χ4n) is 4.22. The van der Waals surface area contributed by atoms with E-state index in [9.17, 15) is 14.4 Å². The number of carbonyl (C=O) groups excluding carboxylic acids is 3. The third-order valence-corrected chi connectivity index (χ3v) is 6.66. The lowest BCUT2D eigenvalue weighted by Crippen LogP contribution is -2.12. The molecule has 9 nitrogen and oxygen atoms in total. The minimum Gasteiger partial charge on any atom is -0.493 e. The molecule has 3 aromatic carbocycles. The molecule has 0 aliphatic rings. The minimum absolute atomic E-state index is 0.137. The van der Waals surface area contributed by atoms with Crippen LogP contribution < -0.4 is 23.7 Å². The molecule has 0 saturated heterocycles. The molecule has 0 aliphatic carbocycles. The zero-order chi connectivity index (χ0) is 31.7. The van der Waals surface area contributed by atoms with Gasteiger partial charge in [-0.3, -0.25) is 0 Å². The fraction of sp³-hybridized carbons (Fsp3) is 0.343. The Morgan fingerprint density at radius 3 is 1.93 bits per heavy atom. The van der Waals surface area contributed by atoms with Gasteiger partial charge < -0.3 is 28.4 Å². The zero-order valence-corrected chi connectivity index (χ0v) is 25.6. The summed E-state index contributed by atoms with van der Waals surface area (Å²) in [4.78, 5) is 36.8. The molecule has 0 atom stereocenters. The lowest BCUT2D eigenvalue weighted by atomic mass is 10.1. The topological polar surface area (TPSA) is 107 Å². The normalized spacial score (nSPS) is 10.4. The third-order valence-electron chi connectivity index (χ3n) is 6.66. The van der Waals surface area contributed by atoms with Gasteiger partial charge in [0.25, 0.3) is 0 Å². The third kappa shape index (κ3) is 10.5. The first kappa shape index (κ1) is 33.7. The van der Waals surface area contributed by atoms with Gasteiger partial charge in [-0.15, -0.1) is 0 Å². The van der Waals surface area contributed by atoms with E-state index in [4.69, 9.17) is 28.4 Å². The lowest BCUT2D eigenvalue weighted by Gasteiger charge is -2.13. The Kier molecular flexibility index (Phi) is 13.8. The van der Waals surface area contributed by atoms with Crippen molar-refractivity contribution in [3.8, 4) is 28.7 Å². The molecule has 0 fully saturated rings. The van der Waals surface area contributed by atoms with Gasteiger partial charge in [0.05, 0.1) is 38.6 Å². The van der Waals surface area contributed by atoms with Crippen LogP contribution in [0.5, 0.6) is 28.7 Å². The van der Waals surface area contributed by atoms with Gasteiger partial charge in [-0.25, -0.2) is 14.4 Å². The van der Waals surface area contributed by atoms with Crippen molar-refractivity contribution in [3.63, 3.8) is 0 Å². The average Bonchev–Trinajstić information content (AvgIpc) is 3.05. The first-order valence-electron chi connectivity index (χ1n) is 14.7. The smallest absolute Gasteiger partial charge is 0.343 e. The number of methoxy groups -OCH3 is 2. The second kappa shape index (κ2) is 18.0. The molecule has 0 aromatic heterocycles. The first-order valence-corrected chi connectivity index (χ1v) is 14.7. The summed E-state index contributed by atoms with van der Waals surface area (Å²) in [6, 6.07) is 16.6. The molecular weight excluding hydrogens is 564 g/mol. The maximum absolute atomic E-state index is 12.9. The van der Waals surface area contributed by atoms with Crippen molar-refractivity contribution in [1.82, 2.24) is 0 Å². The van der Waals surface area contributed by atoms with Crippen LogP contribution >= 0.6 is 0 Å². The summed E-state index contributed by atoms with van der Waals surface area (Å²) in [6.45, 7) is 6.17. The summed E-state index contributed by atoms with van der Waals surface area (Å²) in [5.74, 6) is -0.0922. The Labute approximate surface area is 258 Å². The highest BCUT2D eigenvalue weighted by Crippen LogP contribution is 2.32. The second-order valence-corrected chi connectivity index (χ2v) is 9.89. The standard InChI is InChI=1S/C35H40O9/c1-5-7-8-9-12-25-13-17-28(18-14-25)43-34(37)26-16-20-30(32(24-26)40-4)44-35(38)27-15-19-29(31(23-27)39-3)41-21-10-11-22-42-33(36)6-2/h6,13-20,23-24H,2,5,7-12,21-22H2,1,3-4H3. The van der Waals surface area contributed by atoms with Crippen molar-refractivity contribution in [2.45, 2.75) is 51.9 Å². The van der Waals surface area contributed by atoms with E-state index in [1.54, 1.807) is 24.3 Å². The maximum Gasteiger partial charge on any atom is 0.343 e. The monoisotopic (exact) mass is 604 g/mol. The number of unbranched alkanes of at least 4 members (excludes halogenated alkanes) is 4. The SMILES string of the molecule is C=CC(=O)OCCCCOc1ccc(C(=O)Oc2ccc(C(=O)Oc3ccc(CCCCCC)cc3)cc2OC)cc1OC. The molecule has 44 heavy (non-hydrogen) atoms. The van der Waals surface area contributed by atoms with Crippen molar-refractivity contribution in [2.75, 3.05) is 27.4 Å². The van der Waals surface area contributed by atoms with Crippen LogP contribution in [0.1, 0.15) is 71.7 Å². The molecule has 0 heterocycles. The lowest BCUT2D eigenvalue weighted by molar-refractivity contribution is -0.137. The Balaban J connectivity index is 1.57. The van der Waals surface area contributed by atoms with E-state index in [-0.39, 0.29) is 29.2 Å².